The first kappa shape index (κ1) is 16.6. The van der Waals surface area contributed by atoms with E-state index in [1.165, 1.54) is 44.9 Å². The van der Waals surface area contributed by atoms with E-state index >= 15 is 0 Å². The molecule has 0 aromatic carbocycles. The highest BCUT2D eigenvalue weighted by Crippen LogP contribution is 2.53. The number of esters is 1. The van der Waals surface area contributed by atoms with Gasteiger partial charge in [0, 0.05) is 18.0 Å². The molecule has 8 atom stereocenters. The lowest BCUT2D eigenvalue weighted by Gasteiger charge is -2.46. The first-order valence-electron chi connectivity index (χ1n) is 10.3. The van der Waals surface area contributed by atoms with Crippen molar-refractivity contribution in [2.75, 3.05) is 0 Å². The molecule has 0 amide bonds. The summed E-state index contributed by atoms with van der Waals surface area (Å²) in [6.45, 7) is 4.41. The Morgan fingerprint density at radius 2 is 1.88 bits per heavy atom. The third-order valence-corrected chi connectivity index (χ3v) is 7.29. The van der Waals surface area contributed by atoms with E-state index < -0.39 is 0 Å². The standard InChI is InChI=1S/C21H33NO2/c1-13-6-5-8-16(22-13)10-11-18-17-9-4-3-7-15(17)12-19-20(18)14(2)24-21(19)23/h10-11,13-20,22H,3-9,12H2,1-2H3/b11-10+/t13-,14-,15+,16+,17-,18-,19-,20+/m0/s1. The zero-order chi connectivity index (χ0) is 16.7. The van der Waals surface area contributed by atoms with E-state index in [1.807, 2.05) is 0 Å². The maximum absolute atomic E-state index is 12.3. The second-order valence-electron chi connectivity index (χ2n) is 8.84. The Morgan fingerprint density at radius 1 is 1.04 bits per heavy atom. The van der Waals surface area contributed by atoms with Gasteiger partial charge in [0.05, 0.1) is 5.92 Å². The average molecular weight is 332 g/mol. The largest absolute Gasteiger partial charge is 0.462 e. The van der Waals surface area contributed by atoms with Gasteiger partial charge in [-0.05, 0) is 57.3 Å². The summed E-state index contributed by atoms with van der Waals surface area (Å²) in [6.07, 6.45) is 15.4. The lowest BCUT2D eigenvalue weighted by Crippen LogP contribution is -2.43. The summed E-state index contributed by atoms with van der Waals surface area (Å²) in [4.78, 5) is 12.3. The van der Waals surface area contributed by atoms with Gasteiger partial charge in [-0.2, -0.15) is 0 Å². The van der Waals surface area contributed by atoms with Gasteiger partial charge in [-0.25, -0.2) is 0 Å². The number of cyclic esters (lactones) is 1. The van der Waals surface area contributed by atoms with Crippen LogP contribution in [0, 0.1) is 29.6 Å². The van der Waals surface area contributed by atoms with Crippen LogP contribution in [0.15, 0.2) is 12.2 Å². The second-order valence-corrected chi connectivity index (χ2v) is 8.84. The summed E-state index contributed by atoms with van der Waals surface area (Å²) in [7, 11) is 0. The van der Waals surface area contributed by atoms with Crippen molar-refractivity contribution in [2.45, 2.75) is 83.4 Å². The molecule has 134 valence electrons. The van der Waals surface area contributed by atoms with E-state index in [0.717, 1.165) is 18.3 Å². The minimum atomic E-state index is 0.0827. The van der Waals surface area contributed by atoms with Gasteiger partial charge in [-0.1, -0.05) is 37.8 Å². The predicted molar refractivity (Wildman–Crippen MR) is 95.5 cm³/mol. The van der Waals surface area contributed by atoms with Gasteiger partial charge in [0.15, 0.2) is 0 Å². The molecule has 0 spiro atoms. The third kappa shape index (κ3) is 3.05. The van der Waals surface area contributed by atoms with Gasteiger partial charge in [0.2, 0.25) is 0 Å². The number of piperidine rings is 1. The maximum Gasteiger partial charge on any atom is 0.309 e. The highest BCUT2D eigenvalue weighted by Gasteiger charge is 2.53. The molecule has 2 saturated carbocycles. The maximum atomic E-state index is 12.3. The van der Waals surface area contributed by atoms with Crippen LogP contribution in [0.1, 0.15) is 65.2 Å². The molecule has 24 heavy (non-hydrogen) atoms. The molecule has 3 nitrogen and oxygen atoms in total. The average Bonchev–Trinajstić information content (AvgIpc) is 2.86. The quantitative estimate of drug-likeness (QED) is 0.612. The Balaban J connectivity index is 1.55. The molecule has 0 aromatic heterocycles. The summed E-state index contributed by atoms with van der Waals surface area (Å²) in [5.41, 5.74) is 0. The number of rotatable bonds is 2. The van der Waals surface area contributed by atoms with Crippen LogP contribution >= 0.6 is 0 Å². The highest BCUT2D eigenvalue weighted by molar-refractivity contribution is 5.75. The van der Waals surface area contributed by atoms with Crippen molar-refractivity contribution in [3.05, 3.63) is 12.2 Å². The first-order valence-corrected chi connectivity index (χ1v) is 10.3. The molecule has 2 aliphatic carbocycles. The van der Waals surface area contributed by atoms with Gasteiger partial charge in [0.1, 0.15) is 6.10 Å². The fraction of sp³-hybridized carbons (Fsp3) is 0.857. The summed E-state index contributed by atoms with van der Waals surface area (Å²) in [5.74, 6) is 2.70. The van der Waals surface area contributed by atoms with Crippen molar-refractivity contribution in [3.8, 4) is 0 Å². The Hall–Kier alpha value is -0.830. The molecule has 4 rings (SSSR count). The summed E-state index contributed by atoms with van der Waals surface area (Å²) in [5, 5.41) is 3.72. The Morgan fingerprint density at radius 3 is 2.71 bits per heavy atom. The number of fused-ring (bicyclic) bond motifs is 2. The van der Waals surface area contributed by atoms with Gasteiger partial charge in [-0.15, -0.1) is 0 Å². The second kappa shape index (κ2) is 6.82. The van der Waals surface area contributed by atoms with E-state index in [-0.39, 0.29) is 18.0 Å². The van der Waals surface area contributed by atoms with Crippen LogP contribution in [0.4, 0.5) is 0 Å². The number of hydrogen-bond donors (Lipinski definition) is 1. The van der Waals surface area contributed by atoms with Crippen LogP contribution in [0.3, 0.4) is 0 Å². The summed E-state index contributed by atoms with van der Waals surface area (Å²) < 4.78 is 5.66. The van der Waals surface area contributed by atoms with E-state index in [0.29, 0.717) is 23.9 Å². The van der Waals surface area contributed by atoms with Gasteiger partial charge >= 0.3 is 5.97 Å². The van der Waals surface area contributed by atoms with Crippen LogP contribution in [0.2, 0.25) is 0 Å². The van der Waals surface area contributed by atoms with Crippen molar-refractivity contribution in [1.82, 2.24) is 5.32 Å². The fourth-order valence-corrected chi connectivity index (χ4v) is 6.18. The molecular weight excluding hydrogens is 298 g/mol. The fourth-order valence-electron chi connectivity index (χ4n) is 6.18. The Bertz CT molecular complexity index is 502. The third-order valence-electron chi connectivity index (χ3n) is 7.29. The zero-order valence-electron chi connectivity index (χ0n) is 15.2. The Kier molecular flexibility index (Phi) is 4.73. The topological polar surface area (TPSA) is 38.3 Å². The normalized spacial score (nSPS) is 48.8. The van der Waals surface area contributed by atoms with Gasteiger partial charge in [-0.3, -0.25) is 4.79 Å². The zero-order valence-corrected chi connectivity index (χ0v) is 15.2. The van der Waals surface area contributed by atoms with Gasteiger partial charge < -0.3 is 10.1 Å². The molecule has 3 heteroatoms. The van der Waals surface area contributed by atoms with E-state index in [4.69, 9.17) is 4.74 Å². The van der Waals surface area contributed by atoms with E-state index in [1.54, 1.807) is 0 Å². The van der Waals surface area contributed by atoms with Crippen molar-refractivity contribution < 1.29 is 9.53 Å². The van der Waals surface area contributed by atoms with Crippen LogP contribution in [-0.4, -0.2) is 24.2 Å². The SMILES string of the molecule is C[C@@H]1OC(=O)[C@H]2C[C@H]3CCCC[C@@H]3[C@H](/C=C/[C@H]3CCC[C@H](C)N3)[C@@H]12. The first-order chi connectivity index (χ1) is 11.6. The summed E-state index contributed by atoms with van der Waals surface area (Å²) in [6, 6.07) is 1.15. The van der Waals surface area contributed by atoms with Crippen LogP contribution < -0.4 is 5.32 Å². The van der Waals surface area contributed by atoms with Crippen LogP contribution in [-0.2, 0) is 9.53 Å². The highest BCUT2D eigenvalue weighted by atomic mass is 16.6. The van der Waals surface area contributed by atoms with Gasteiger partial charge in [0.25, 0.3) is 0 Å². The number of allylic oxidation sites excluding steroid dienone is 1. The lowest BCUT2D eigenvalue weighted by atomic mass is 9.57. The molecule has 0 unspecified atom stereocenters. The molecular formula is C21H33NO2. The van der Waals surface area contributed by atoms with Crippen molar-refractivity contribution in [3.63, 3.8) is 0 Å². The number of ether oxygens (including phenoxy) is 1. The lowest BCUT2D eigenvalue weighted by molar-refractivity contribution is -0.144. The molecule has 0 radical (unpaired) electrons. The van der Waals surface area contributed by atoms with Crippen LogP contribution in [0.5, 0.6) is 0 Å². The number of carbonyl (C=O) groups excluding carboxylic acids is 1. The van der Waals surface area contributed by atoms with Crippen molar-refractivity contribution in [1.29, 1.82) is 0 Å². The monoisotopic (exact) mass is 331 g/mol. The molecule has 2 heterocycles. The van der Waals surface area contributed by atoms with E-state index in [9.17, 15) is 4.79 Å². The van der Waals surface area contributed by atoms with Crippen LogP contribution in [0.25, 0.3) is 0 Å². The molecule has 2 aliphatic heterocycles. The Labute approximate surface area is 146 Å². The minimum absolute atomic E-state index is 0.0827. The molecule has 2 saturated heterocycles. The smallest absolute Gasteiger partial charge is 0.309 e. The molecule has 1 N–H and O–H groups in total. The van der Waals surface area contributed by atoms with E-state index in [2.05, 4.69) is 31.3 Å². The molecule has 4 aliphatic rings. The number of carbonyl (C=O) groups is 1. The number of hydrogen-bond acceptors (Lipinski definition) is 3. The minimum Gasteiger partial charge on any atom is -0.462 e. The molecule has 0 bridgehead atoms. The summed E-state index contributed by atoms with van der Waals surface area (Å²) >= 11 is 0. The van der Waals surface area contributed by atoms with Crippen molar-refractivity contribution in [2.24, 2.45) is 29.6 Å². The molecule has 0 aromatic rings. The van der Waals surface area contributed by atoms with Crippen molar-refractivity contribution >= 4 is 5.97 Å². The number of nitrogens with one attached hydrogen (secondary N) is 1. The molecule has 4 fully saturated rings. The predicted octanol–water partition coefficient (Wildman–Crippen LogP) is 4.08.